The minimum Gasteiger partial charge on any atom is -0.308 e. The lowest BCUT2D eigenvalue weighted by atomic mass is 10.0. The molecule has 0 bridgehead atoms. The van der Waals surface area contributed by atoms with E-state index in [0.29, 0.717) is 6.04 Å². The number of fused-ring (bicyclic) bond motifs is 1. The van der Waals surface area contributed by atoms with Gasteiger partial charge in [-0.05, 0) is 56.3 Å². The zero-order valence-electron chi connectivity index (χ0n) is 11.6. The van der Waals surface area contributed by atoms with Crippen molar-refractivity contribution in [2.75, 3.05) is 13.1 Å². The molecule has 3 rings (SSSR count). The molecule has 2 nitrogen and oxygen atoms in total. The molecule has 0 aliphatic carbocycles. The van der Waals surface area contributed by atoms with Crippen LogP contribution in [0.2, 0.25) is 0 Å². The summed E-state index contributed by atoms with van der Waals surface area (Å²) < 4.78 is 0. The van der Waals surface area contributed by atoms with Gasteiger partial charge >= 0.3 is 0 Å². The van der Waals surface area contributed by atoms with Gasteiger partial charge in [-0.1, -0.05) is 18.2 Å². The predicted octanol–water partition coefficient (Wildman–Crippen LogP) is 2.63. The summed E-state index contributed by atoms with van der Waals surface area (Å²) in [5, 5.41) is 3.80. The molecule has 2 aliphatic heterocycles. The first kappa shape index (κ1) is 12.2. The van der Waals surface area contributed by atoms with Gasteiger partial charge < -0.3 is 5.32 Å². The molecule has 2 saturated heterocycles. The van der Waals surface area contributed by atoms with Gasteiger partial charge in [-0.25, -0.2) is 0 Å². The standard InChI is InChI=1S/C16H24N2/c1-12-5-3-6-14(13(12)2)11-17-15-8-10-18-9-4-7-16(15)18/h3,5-6,15-17H,4,7-11H2,1-2H3. The molecule has 2 fully saturated rings. The third-order valence-corrected chi connectivity index (χ3v) is 4.88. The molecule has 1 aromatic rings. The van der Waals surface area contributed by atoms with E-state index in [1.54, 1.807) is 0 Å². The van der Waals surface area contributed by atoms with E-state index < -0.39 is 0 Å². The average Bonchev–Trinajstić information content (AvgIpc) is 2.94. The molecule has 0 aromatic heterocycles. The van der Waals surface area contributed by atoms with Crippen molar-refractivity contribution < 1.29 is 0 Å². The number of rotatable bonds is 3. The maximum atomic E-state index is 3.80. The zero-order chi connectivity index (χ0) is 12.5. The SMILES string of the molecule is Cc1cccc(CNC2CCN3CCCC23)c1C. The van der Waals surface area contributed by atoms with Crippen LogP contribution >= 0.6 is 0 Å². The molecule has 98 valence electrons. The Morgan fingerprint density at radius 3 is 3.00 bits per heavy atom. The molecule has 2 unspecified atom stereocenters. The molecule has 0 saturated carbocycles. The highest BCUT2D eigenvalue weighted by molar-refractivity contribution is 5.33. The second-order valence-electron chi connectivity index (χ2n) is 5.88. The summed E-state index contributed by atoms with van der Waals surface area (Å²) in [6.07, 6.45) is 4.12. The minimum absolute atomic E-state index is 0.715. The van der Waals surface area contributed by atoms with E-state index in [2.05, 4.69) is 42.3 Å². The van der Waals surface area contributed by atoms with Gasteiger partial charge in [0, 0.05) is 25.2 Å². The summed E-state index contributed by atoms with van der Waals surface area (Å²) in [6.45, 7) is 8.10. The molecule has 0 spiro atoms. The van der Waals surface area contributed by atoms with Gasteiger partial charge in [0.2, 0.25) is 0 Å². The molecular formula is C16H24N2. The number of nitrogens with zero attached hydrogens (tertiary/aromatic N) is 1. The monoisotopic (exact) mass is 244 g/mol. The lowest BCUT2D eigenvalue weighted by Crippen LogP contribution is -2.38. The van der Waals surface area contributed by atoms with Crippen molar-refractivity contribution >= 4 is 0 Å². The lowest BCUT2D eigenvalue weighted by molar-refractivity contribution is 0.298. The van der Waals surface area contributed by atoms with Crippen LogP contribution in [0.25, 0.3) is 0 Å². The number of benzene rings is 1. The summed E-state index contributed by atoms with van der Waals surface area (Å²) in [5.41, 5.74) is 4.32. The van der Waals surface area contributed by atoms with Crippen molar-refractivity contribution in [3.8, 4) is 0 Å². The van der Waals surface area contributed by atoms with Crippen LogP contribution in [-0.2, 0) is 6.54 Å². The first-order chi connectivity index (χ1) is 8.75. The number of aryl methyl sites for hydroxylation is 1. The first-order valence-corrected chi connectivity index (χ1v) is 7.28. The van der Waals surface area contributed by atoms with E-state index in [4.69, 9.17) is 0 Å². The summed E-state index contributed by atoms with van der Waals surface area (Å²) in [6, 6.07) is 8.17. The van der Waals surface area contributed by atoms with E-state index >= 15 is 0 Å². The highest BCUT2D eigenvalue weighted by Gasteiger charge is 2.36. The van der Waals surface area contributed by atoms with E-state index in [1.807, 2.05) is 0 Å². The fraction of sp³-hybridized carbons (Fsp3) is 0.625. The Kier molecular flexibility index (Phi) is 3.40. The van der Waals surface area contributed by atoms with E-state index in [0.717, 1.165) is 12.6 Å². The molecule has 0 radical (unpaired) electrons. The van der Waals surface area contributed by atoms with E-state index in [-0.39, 0.29) is 0 Å². The van der Waals surface area contributed by atoms with Crippen LogP contribution in [0.1, 0.15) is 36.0 Å². The fourth-order valence-corrected chi connectivity index (χ4v) is 3.57. The van der Waals surface area contributed by atoms with Crippen molar-refractivity contribution in [2.45, 2.75) is 51.7 Å². The second kappa shape index (κ2) is 5.02. The van der Waals surface area contributed by atoms with E-state index in [9.17, 15) is 0 Å². The maximum absolute atomic E-state index is 3.80. The Bertz CT molecular complexity index is 427. The Morgan fingerprint density at radius 1 is 1.22 bits per heavy atom. The topological polar surface area (TPSA) is 15.3 Å². The third-order valence-electron chi connectivity index (χ3n) is 4.88. The van der Waals surface area contributed by atoms with E-state index in [1.165, 1.54) is 49.0 Å². The van der Waals surface area contributed by atoms with Gasteiger partial charge in [0.15, 0.2) is 0 Å². The van der Waals surface area contributed by atoms with Gasteiger partial charge in [-0.3, -0.25) is 4.90 Å². The lowest BCUT2D eigenvalue weighted by Gasteiger charge is -2.22. The Hall–Kier alpha value is -0.860. The molecule has 1 aromatic carbocycles. The van der Waals surface area contributed by atoms with Crippen molar-refractivity contribution in [2.24, 2.45) is 0 Å². The van der Waals surface area contributed by atoms with Crippen molar-refractivity contribution in [1.29, 1.82) is 0 Å². The fourth-order valence-electron chi connectivity index (χ4n) is 3.57. The van der Waals surface area contributed by atoms with Gasteiger partial charge in [0.05, 0.1) is 0 Å². The molecule has 2 atom stereocenters. The Labute approximate surface area is 110 Å². The van der Waals surface area contributed by atoms with Crippen molar-refractivity contribution in [1.82, 2.24) is 10.2 Å². The number of hydrogen-bond acceptors (Lipinski definition) is 2. The van der Waals surface area contributed by atoms with Crippen molar-refractivity contribution in [3.05, 3.63) is 34.9 Å². The molecule has 18 heavy (non-hydrogen) atoms. The first-order valence-electron chi connectivity index (χ1n) is 7.28. The van der Waals surface area contributed by atoms with Crippen LogP contribution in [-0.4, -0.2) is 30.1 Å². The quantitative estimate of drug-likeness (QED) is 0.879. The van der Waals surface area contributed by atoms with Gasteiger partial charge in [0.25, 0.3) is 0 Å². The minimum atomic E-state index is 0.715. The van der Waals surface area contributed by atoms with Crippen LogP contribution in [0.3, 0.4) is 0 Å². The molecule has 2 aliphatic rings. The molecular weight excluding hydrogens is 220 g/mol. The summed E-state index contributed by atoms with van der Waals surface area (Å²) in [4.78, 5) is 2.67. The third kappa shape index (κ3) is 2.19. The predicted molar refractivity (Wildman–Crippen MR) is 75.8 cm³/mol. The number of nitrogens with one attached hydrogen (secondary N) is 1. The van der Waals surface area contributed by atoms with Crippen LogP contribution in [0, 0.1) is 13.8 Å². The van der Waals surface area contributed by atoms with Crippen LogP contribution in [0.4, 0.5) is 0 Å². The Balaban J connectivity index is 1.63. The molecule has 2 heterocycles. The molecule has 1 N–H and O–H groups in total. The average molecular weight is 244 g/mol. The normalized spacial score (nSPS) is 27.7. The second-order valence-corrected chi connectivity index (χ2v) is 5.88. The molecule has 2 heteroatoms. The van der Waals surface area contributed by atoms with Gasteiger partial charge in [-0.15, -0.1) is 0 Å². The van der Waals surface area contributed by atoms with Crippen LogP contribution in [0.5, 0.6) is 0 Å². The van der Waals surface area contributed by atoms with Crippen LogP contribution < -0.4 is 5.32 Å². The summed E-state index contributed by atoms with van der Waals surface area (Å²) >= 11 is 0. The van der Waals surface area contributed by atoms with Gasteiger partial charge in [-0.2, -0.15) is 0 Å². The summed E-state index contributed by atoms with van der Waals surface area (Å²) in [5.74, 6) is 0. The van der Waals surface area contributed by atoms with Crippen molar-refractivity contribution in [3.63, 3.8) is 0 Å². The highest BCUT2D eigenvalue weighted by Crippen LogP contribution is 2.28. The largest absolute Gasteiger partial charge is 0.308 e. The zero-order valence-corrected chi connectivity index (χ0v) is 11.6. The number of hydrogen-bond donors (Lipinski definition) is 1. The smallest absolute Gasteiger partial charge is 0.0250 e. The Morgan fingerprint density at radius 2 is 2.11 bits per heavy atom. The van der Waals surface area contributed by atoms with Crippen LogP contribution in [0.15, 0.2) is 18.2 Å². The van der Waals surface area contributed by atoms with Gasteiger partial charge in [0.1, 0.15) is 0 Å². The summed E-state index contributed by atoms with van der Waals surface area (Å²) in [7, 11) is 0. The molecule has 0 amide bonds. The highest BCUT2D eigenvalue weighted by atomic mass is 15.2. The maximum Gasteiger partial charge on any atom is 0.0250 e.